The van der Waals surface area contributed by atoms with E-state index >= 15 is 0 Å². The minimum Gasteiger partial charge on any atom is -0.490 e. The minimum absolute atomic E-state index is 0.0372. The van der Waals surface area contributed by atoms with Gasteiger partial charge in [-0.05, 0) is 55.0 Å². The molecule has 0 atom stereocenters. The van der Waals surface area contributed by atoms with Crippen molar-refractivity contribution in [3.63, 3.8) is 0 Å². The summed E-state index contributed by atoms with van der Waals surface area (Å²) < 4.78 is 35.4. The topological polar surface area (TPSA) is 103 Å². The third kappa shape index (κ3) is 5.44. The van der Waals surface area contributed by atoms with E-state index in [2.05, 4.69) is 22.7 Å². The second-order valence-electron chi connectivity index (χ2n) is 4.72. The summed E-state index contributed by atoms with van der Waals surface area (Å²) in [5, 5.41) is 3.88. The molecule has 25 heavy (non-hydrogen) atoms. The predicted molar refractivity (Wildman–Crippen MR) is 99.4 cm³/mol. The Morgan fingerprint density at radius 2 is 1.96 bits per heavy atom. The highest BCUT2D eigenvalue weighted by Gasteiger charge is 2.19. The van der Waals surface area contributed by atoms with E-state index in [-0.39, 0.29) is 21.5 Å². The van der Waals surface area contributed by atoms with Gasteiger partial charge in [-0.2, -0.15) is 13.5 Å². The number of nitrogens with zero attached hydrogens (tertiary/aromatic N) is 1. The second-order valence-corrected chi connectivity index (χ2v) is 6.71. The molecule has 7 nitrogen and oxygen atoms in total. The lowest BCUT2D eigenvalue weighted by Crippen LogP contribution is -2.23. The summed E-state index contributed by atoms with van der Waals surface area (Å²) in [7, 11) is -3.95. The Morgan fingerprint density at radius 1 is 1.24 bits per heavy atom. The van der Waals surface area contributed by atoms with Crippen LogP contribution in [0.4, 0.5) is 0 Å². The van der Waals surface area contributed by atoms with Crippen molar-refractivity contribution in [3.05, 3.63) is 54.1 Å². The van der Waals surface area contributed by atoms with E-state index in [9.17, 15) is 8.42 Å². The Labute approximate surface area is 151 Å². The van der Waals surface area contributed by atoms with Crippen molar-refractivity contribution in [3.8, 4) is 11.5 Å². The molecule has 0 aromatic heterocycles. The first-order valence-electron chi connectivity index (χ1n) is 7.27. The molecule has 0 aliphatic carbocycles. The van der Waals surface area contributed by atoms with Gasteiger partial charge >= 0.3 is 10.1 Å². The monoisotopic (exact) mass is 379 g/mol. The van der Waals surface area contributed by atoms with E-state index in [1.54, 1.807) is 37.3 Å². The van der Waals surface area contributed by atoms with Gasteiger partial charge < -0.3 is 14.7 Å². The Morgan fingerprint density at radius 3 is 2.60 bits per heavy atom. The van der Waals surface area contributed by atoms with Crippen LogP contribution in [0.1, 0.15) is 12.5 Å². The smallest absolute Gasteiger partial charge is 0.339 e. The predicted octanol–water partition coefficient (Wildman–Crippen LogP) is 2.02. The minimum atomic E-state index is -3.95. The van der Waals surface area contributed by atoms with Crippen LogP contribution in [0.5, 0.6) is 11.5 Å². The van der Waals surface area contributed by atoms with E-state index in [4.69, 9.17) is 14.7 Å². The molecule has 0 saturated heterocycles. The molecule has 0 amide bonds. The zero-order valence-electron chi connectivity index (χ0n) is 13.4. The molecule has 0 radical (unpaired) electrons. The number of ether oxygens (including phenoxy) is 1. The van der Waals surface area contributed by atoms with E-state index in [0.717, 1.165) is 0 Å². The highest BCUT2D eigenvalue weighted by molar-refractivity contribution is 7.87. The average Bonchev–Trinajstić information content (AvgIpc) is 2.58. The van der Waals surface area contributed by atoms with E-state index in [1.165, 1.54) is 24.4 Å². The number of hydrogen-bond acceptors (Lipinski definition) is 6. The molecule has 2 rings (SSSR count). The van der Waals surface area contributed by atoms with Crippen molar-refractivity contribution in [2.45, 2.75) is 11.8 Å². The first-order valence-corrected chi connectivity index (χ1v) is 9.09. The molecule has 0 bridgehead atoms. The van der Waals surface area contributed by atoms with Crippen molar-refractivity contribution in [1.29, 1.82) is 0 Å². The third-order valence-electron chi connectivity index (χ3n) is 2.89. The van der Waals surface area contributed by atoms with Gasteiger partial charge in [0.15, 0.2) is 16.6 Å². The number of thiocarbonyl (C=S) groups is 1. The molecular formula is C16H17N3O4S2. The Kier molecular flexibility index (Phi) is 6.31. The van der Waals surface area contributed by atoms with Crippen LogP contribution >= 0.6 is 12.2 Å². The molecule has 9 heteroatoms. The number of hydrazone groups is 1. The summed E-state index contributed by atoms with van der Waals surface area (Å²) in [4.78, 5) is 0.0590. The van der Waals surface area contributed by atoms with Gasteiger partial charge in [-0.15, -0.1) is 0 Å². The standard InChI is InChI=1S/C16H17N3O4S2/c1-2-22-15-10-12(11-18-19-16(17)24)8-9-14(15)23-25(20,21)13-6-4-3-5-7-13/h3-11H,2H2,1H3,(H3,17,19,24). The van der Waals surface area contributed by atoms with Gasteiger partial charge in [0.05, 0.1) is 12.8 Å². The van der Waals surface area contributed by atoms with Gasteiger partial charge in [0.2, 0.25) is 0 Å². The van der Waals surface area contributed by atoms with Crippen molar-refractivity contribution < 1.29 is 17.3 Å². The zero-order chi connectivity index (χ0) is 18.3. The van der Waals surface area contributed by atoms with E-state index in [1.807, 2.05) is 0 Å². The van der Waals surface area contributed by atoms with E-state index < -0.39 is 10.1 Å². The number of nitrogens with one attached hydrogen (secondary N) is 1. The van der Waals surface area contributed by atoms with Crippen molar-refractivity contribution >= 4 is 33.7 Å². The maximum absolute atomic E-state index is 12.3. The molecular weight excluding hydrogens is 362 g/mol. The summed E-state index contributed by atoms with van der Waals surface area (Å²) in [6, 6.07) is 12.6. The lowest BCUT2D eigenvalue weighted by atomic mass is 10.2. The first-order chi connectivity index (χ1) is 11.9. The van der Waals surface area contributed by atoms with Crippen LogP contribution in [0.3, 0.4) is 0 Å². The van der Waals surface area contributed by atoms with Gasteiger partial charge in [-0.3, -0.25) is 5.43 Å². The number of hydrogen-bond donors (Lipinski definition) is 2. The van der Waals surface area contributed by atoms with Crippen LogP contribution in [0.15, 0.2) is 58.5 Å². The summed E-state index contributed by atoms with van der Waals surface area (Å²) in [6.07, 6.45) is 1.47. The van der Waals surface area contributed by atoms with Crippen molar-refractivity contribution in [2.75, 3.05) is 6.61 Å². The number of benzene rings is 2. The van der Waals surface area contributed by atoms with Gasteiger partial charge in [0, 0.05) is 0 Å². The summed E-state index contributed by atoms with van der Waals surface area (Å²) >= 11 is 4.65. The van der Waals surface area contributed by atoms with Gasteiger partial charge in [0.1, 0.15) is 4.90 Å². The van der Waals surface area contributed by atoms with Crippen molar-refractivity contribution in [2.24, 2.45) is 10.8 Å². The maximum atomic E-state index is 12.3. The number of rotatable bonds is 7. The summed E-state index contributed by atoms with van der Waals surface area (Å²) in [6.45, 7) is 2.12. The van der Waals surface area contributed by atoms with Gasteiger partial charge in [-0.1, -0.05) is 18.2 Å². The molecule has 0 heterocycles. The van der Waals surface area contributed by atoms with Crippen LogP contribution in [-0.2, 0) is 10.1 Å². The molecule has 0 spiro atoms. The molecule has 0 aliphatic heterocycles. The quantitative estimate of drug-likeness (QED) is 0.328. The van der Waals surface area contributed by atoms with Crippen LogP contribution in [0.2, 0.25) is 0 Å². The Hall–Kier alpha value is -2.65. The average molecular weight is 379 g/mol. The maximum Gasteiger partial charge on any atom is 0.339 e. The third-order valence-corrected chi connectivity index (χ3v) is 4.23. The van der Waals surface area contributed by atoms with Gasteiger partial charge in [0.25, 0.3) is 0 Å². The van der Waals surface area contributed by atoms with Crippen LogP contribution in [-0.4, -0.2) is 26.4 Å². The highest BCUT2D eigenvalue weighted by Crippen LogP contribution is 2.30. The normalized spacial score (nSPS) is 11.2. The molecule has 3 N–H and O–H groups in total. The fourth-order valence-corrected chi connectivity index (χ4v) is 2.88. The lowest BCUT2D eigenvalue weighted by Gasteiger charge is -2.12. The molecule has 132 valence electrons. The molecule has 2 aromatic rings. The molecule has 0 saturated carbocycles. The fraction of sp³-hybridized carbons (Fsp3) is 0.125. The highest BCUT2D eigenvalue weighted by atomic mass is 32.2. The summed E-state index contributed by atoms with van der Waals surface area (Å²) in [5.41, 5.74) is 8.36. The summed E-state index contributed by atoms with van der Waals surface area (Å²) in [5.74, 6) is 0.367. The van der Waals surface area contributed by atoms with Crippen LogP contribution in [0, 0.1) is 0 Å². The Balaban J connectivity index is 2.28. The first kappa shape index (κ1) is 18.7. The fourth-order valence-electron chi connectivity index (χ4n) is 1.87. The molecule has 2 aromatic carbocycles. The Bertz CT molecular complexity index is 868. The van der Waals surface area contributed by atoms with Crippen molar-refractivity contribution in [1.82, 2.24) is 5.43 Å². The number of nitrogens with two attached hydrogens (primary N) is 1. The molecule has 0 aliphatic rings. The largest absolute Gasteiger partial charge is 0.490 e. The molecule has 0 unspecified atom stereocenters. The van der Waals surface area contributed by atoms with E-state index in [0.29, 0.717) is 12.2 Å². The lowest BCUT2D eigenvalue weighted by molar-refractivity contribution is 0.327. The van der Waals surface area contributed by atoms with Gasteiger partial charge in [-0.25, -0.2) is 0 Å². The van der Waals surface area contributed by atoms with Crippen LogP contribution < -0.4 is 20.1 Å². The molecule has 0 fully saturated rings. The zero-order valence-corrected chi connectivity index (χ0v) is 15.0. The SMILES string of the molecule is CCOc1cc(C=NNC(N)=S)ccc1OS(=O)(=O)c1ccccc1. The second kappa shape index (κ2) is 8.45. The van der Waals surface area contributed by atoms with Crippen LogP contribution in [0.25, 0.3) is 0 Å².